The van der Waals surface area contributed by atoms with Gasteiger partial charge >= 0.3 is 0 Å². The van der Waals surface area contributed by atoms with Gasteiger partial charge in [-0.2, -0.15) is 0 Å². The minimum atomic E-state index is -1.51. The van der Waals surface area contributed by atoms with Crippen molar-refractivity contribution in [1.29, 1.82) is 0 Å². The van der Waals surface area contributed by atoms with Crippen molar-refractivity contribution in [3.63, 3.8) is 0 Å². The summed E-state index contributed by atoms with van der Waals surface area (Å²) in [6.45, 7) is 0. The number of rotatable bonds is 6. The molecule has 3 heteroatoms. The van der Waals surface area contributed by atoms with Gasteiger partial charge in [-0.25, -0.2) is 0 Å². The summed E-state index contributed by atoms with van der Waals surface area (Å²) >= 11 is 0. The lowest BCUT2D eigenvalue weighted by Crippen LogP contribution is -2.38. The number of benzene rings is 3. The largest absolute Gasteiger partial charge is 0.389 e. The van der Waals surface area contributed by atoms with Crippen molar-refractivity contribution in [2.75, 3.05) is 0 Å². The molecule has 0 aliphatic rings. The molecule has 0 radical (unpaired) electrons. The van der Waals surface area contributed by atoms with Crippen LogP contribution in [0, 0.1) is 0 Å². The molecular formula is C22H20O3. The predicted octanol–water partition coefficient (Wildman–Crippen LogP) is 3.42. The zero-order valence-corrected chi connectivity index (χ0v) is 13.7. The Bertz CT molecular complexity index is 761. The van der Waals surface area contributed by atoms with Gasteiger partial charge in [0.1, 0.15) is 6.10 Å². The molecule has 0 bridgehead atoms. The average molecular weight is 332 g/mol. The molecule has 3 aromatic carbocycles. The molecule has 126 valence electrons. The first-order chi connectivity index (χ1) is 12.2. The summed E-state index contributed by atoms with van der Waals surface area (Å²) in [7, 11) is 0. The Morgan fingerprint density at radius 2 is 1.04 bits per heavy atom. The number of Topliss-reactive ketones (excluding diaryl/α,β-unsaturated/α-hetero) is 1. The third-order valence-corrected chi connectivity index (χ3v) is 4.31. The summed E-state index contributed by atoms with van der Waals surface area (Å²) in [6, 6.07) is 27.4. The van der Waals surface area contributed by atoms with Crippen molar-refractivity contribution in [1.82, 2.24) is 0 Å². The van der Waals surface area contributed by atoms with Crippen LogP contribution in [0.1, 0.15) is 27.4 Å². The van der Waals surface area contributed by atoms with Crippen LogP contribution in [-0.4, -0.2) is 28.2 Å². The summed E-state index contributed by atoms with van der Waals surface area (Å²) in [5.41, 5.74) is 2.08. The smallest absolute Gasteiger partial charge is 0.193 e. The molecular weight excluding hydrogens is 312 g/mol. The number of hydrogen-bond acceptors (Lipinski definition) is 3. The molecule has 3 rings (SSSR count). The van der Waals surface area contributed by atoms with E-state index < -0.39 is 23.9 Å². The van der Waals surface area contributed by atoms with Crippen LogP contribution in [0.2, 0.25) is 0 Å². The molecule has 0 fully saturated rings. The molecule has 3 aromatic rings. The van der Waals surface area contributed by atoms with Crippen LogP contribution in [-0.2, 0) is 0 Å². The lowest BCUT2D eigenvalue weighted by Gasteiger charge is -2.27. The third-order valence-electron chi connectivity index (χ3n) is 4.31. The maximum absolute atomic E-state index is 12.5. The van der Waals surface area contributed by atoms with Gasteiger partial charge in [-0.15, -0.1) is 0 Å². The minimum Gasteiger partial charge on any atom is -0.389 e. The van der Waals surface area contributed by atoms with E-state index in [4.69, 9.17) is 0 Å². The minimum absolute atomic E-state index is 0.383. The Labute approximate surface area is 147 Å². The molecule has 2 unspecified atom stereocenters. The van der Waals surface area contributed by atoms with Crippen LogP contribution < -0.4 is 0 Å². The number of carbonyl (C=O) groups is 1. The van der Waals surface area contributed by atoms with Crippen molar-refractivity contribution in [2.45, 2.75) is 18.1 Å². The summed E-state index contributed by atoms with van der Waals surface area (Å²) in [5, 5.41) is 21.4. The van der Waals surface area contributed by atoms with E-state index in [0.717, 1.165) is 11.1 Å². The molecule has 2 atom stereocenters. The molecule has 0 aliphatic carbocycles. The Balaban J connectivity index is 1.94. The quantitative estimate of drug-likeness (QED) is 0.680. The fourth-order valence-corrected chi connectivity index (χ4v) is 3.02. The second-order valence-corrected chi connectivity index (χ2v) is 5.96. The molecule has 0 saturated heterocycles. The fourth-order valence-electron chi connectivity index (χ4n) is 3.02. The van der Waals surface area contributed by atoms with Crippen molar-refractivity contribution < 1.29 is 15.0 Å². The topological polar surface area (TPSA) is 57.5 Å². The number of carbonyl (C=O) groups excluding carboxylic acids is 1. The highest BCUT2D eigenvalue weighted by Gasteiger charge is 2.33. The van der Waals surface area contributed by atoms with Gasteiger partial charge in [-0.05, 0) is 11.1 Å². The maximum Gasteiger partial charge on any atom is 0.193 e. The maximum atomic E-state index is 12.5. The third kappa shape index (κ3) is 3.85. The highest BCUT2D eigenvalue weighted by molar-refractivity contribution is 5.99. The number of aliphatic hydroxyl groups excluding tert-OH is 2. The Morgan fingerprint density at radius 1 is 0.640 bits per heavy atom. The number of hydrogen-bond donors (Lipinski definition) is 2. The predicted molar refractivity (Wildman–Crippen MR) is 97.5 cm³/mol. The Kier molecular flexibility index (Phi) is 5.39. The monoisotopic (exact) mass is 332 g/mol. The summed E-state index contributed by atoms with van der Waals surface area (Å²) < 4.78 is 0. The van der Waals surface area contributed by atoms with Crippen LogP contribution >= 0.6 is 0 Å². The van der Waals surface area contributed by atoms with Crippen LogP contribution in [0.4, 0.5) is 0 Å². The first-order valence-corrected chi connectivity index (χ1v) is 8.24. The second kappa shape index (κ2) is 7.88. The van der Waals surface area contributed by atoms with Crippen molar-refractivity contribution in [3.8, 4) is 0 Å². The lowest BCUT2D eigenvalue weighted by molar-refractivity contribution is 0.0144. The lowest BCUT2D eigenvalue weighted by atomic mass is 9.83. The van der Waals surface area contributed by atoms with Gasteiger partial charge in [0.05, 0.1) is 6.10 Å². The van der Waals surface area contributed by atoms with Gasteiger partial charge in [0.2, 0.25) is 0 Å². The zero-order valence-electron chi connectivity index (χ0n) is 13.7. The SMILES string of the molecule is O=C(c1ccccc1)C(O)C(O)C(c1ccccc1)c1ccccc1. The molecule has 2 N–H and O–H groups in total. The number of ketones is 1. The molecule has 0 heterocycles. The van der Waals surface area contributed by atoms with Gasteiger partial charge in [0, 0.05) is 11.5 Å². The second-order valence-electron chi connectivity index (χ2n) is 5.96. The summed E-state index contributed by atoms with van der Waals surface area (Å²) in [4.78, 5) is 12.5. The molecule has 0 saturated carbocycles. The molecule has 0 aromatic heterocycles. The van der Waals surface area contributed by atoms with Crippen LogP contribution in [0.3, 0.4) is 0 Å². The van der Waals surface area contributed by atoms with E-state index in [1.54, 1.807) is 30.3 Å². The average Bonchev–Trinajstić information content (AvgIpc) is 2.69. The van der Waals surface area contributed by atoms with Crippen LogP contribution in [0.25, 0.3) is 0 Å². The van der Waals surface area contributed by atoms with Gasteiger partial charge in [0.25, 0.3) is 0 Å². The first kappa shape index (κ1) is 17.1. The van der Waals surface area contributed by atoms with E-state index in [9.17, 15) is 15.0 Å². The van der Waals surface area contributed by atoms with Gasteiger partial charge < -0.3 is 10.2 Å². The normalized spacial score (nSPS) is 13.4. The summed E-state index contributed by atoms with van der Waals surface area (Å²) in [6.07, 6.45) is -2.76. The Hall–Kier alpha value is -2.75. The molecule has 3 nitrogen and oxygen atoms in total. The van der Waals surface area contributed by atoms with Crippen LogP contribution in [0.5, 0.6) is 0 Å². The van der Waals surface area contributed by atoms with Crippen LogP contribution in [0.15, 0.2) is 91.0 Å². The van der Waals surface area contributed by atoms with Gasteiger partial charge in [-0.3, -0.25) is 4.79 Å². The van der Waals surface area contributed by atoms with Crippen molar-refractivity contribution in [3.05, 3.63) is 108 Å². The first-order valence-electron chi connectivity index (χ1n) is 8.24. The van der Waals surface area contributed by atoms with E-state index in [2.05, 4.69) is 0 Å². The fraction of sp³-hybridized carbons (Fsp3) is 0.136. The van der Waals surface area contributed by atoms with Crippen molar-refractivity contribution >= 4 is 5.78 Å². The van der Waals surface area contributed by atoms with Gasteiger partial charge in [-0.1, -0.05) is 91.0 Å². The highest BCUT2D eigenvalue weighted by Crippen LogP contribution is 2.30. The standard InChI is InChI=1S/C22H20O3/c23-20(18-14-8-3-9-15-18)22(25)21(24)19(16-10-4-1-5-11-16)17-12-6-2-7-13-17/h1-15,19,21-22,24-25H. The highest BCUT2D eigenvalue weighted by atomic mass is 16.3. The van der Waals surface area contributed by atoms with E-state index >= 15 is 0 Å². The van der Waals surface area contributed by atoms with Gasteiger partial charge in [0.15, 0.2) is 5.78 Å². The zero-order chi connectivity index (χ0) is 17.6. The molecule has 0 aliphatic heterocycles. The number of aliphatic hydroxyl groups is 2. The molecule has 25 heavy (non-hydrogen) atoms. The molecule has 0 spiro atoms. The van der Waals surface area contributed by atoms with E-state index in [1.165, 1.54) is 0 Å². The molecule has 0 amide bonds. The van der Waals surface area contributed by atoms with E-state index in [-0.39, 0.29) is 0 Å². The summed E-state index contributed by atoms with van der Waals surface area (Å²) in [5.74, 6) is -0.977. The Morgan fingerprint density at radius 3 is 1.48 bits per heavy atom. The van der Waals surface area contributed by atoms with E-state index in [1.807, 2.05) is 60.7 Å². The van der Waals surface area contributed by atoms with Crippen molar-refractivity contribution in [2.24, 2.45) is 0 Å². The van der Waals surface area contributed by atoms with E-state index in [0.29, 0.717) is 5.56 Å².